The van der Waals surface area contributed by atoms with Crippen molar-refractivity contribution >= 4 is 40.7 Å². The maximum absolute atomic E-state index is 12.0. The predicted octanol–water partition coefficient (Wildman–Crippen LogP) is -0.480. The summed E-state index contributed by atoms with van der Waals surface area (Å²) in [6, 6.07) is -0.497. The van der Waals surface area contributed by atoms with Crippen LogP contribution in [0.3, 0.4) is 0 Å². The zero-order valence-electron chi connectivity index (χ0n) is 9.83. The fourth-order valence-electron chi connectivity index (χ4n) is 2.36. The number of carbonyl (C=O) groups is 1. The van der Waals surface area contributed by atoms with Gasteiger partial charge in [-0.05, 0) is 0 Å². The number of piperidine rings is 1. The van der Waals surface area contributed by atoms with Gasteiger partial charge in [-0.15, -0.1) is 0 Å². The Morgan fingerprint density at radius 3 is 2.71 bits per heavy atom. The Morgan fingerprint density at radius 1 is 1.41 bits per heavy atom. The van der Waals surface area contributed by atoms with Crippen LogP contribution in [0.25, 0.3) is 0 Å². The number of amides is 2. The van der Waals surface area contributed by atoms with Crippen LogP contribution >= 0.6 is 0 Å². The number of urea groups is 1. The molecule has 0 aromatic carbocycles. The Labute approximate surface area is 113 Å². The number of fused-ring (bicyclic) bond motifs is 2. The van der Waals surface area contributed by atoms with Crippen LogP contribution in [0, 0.1) is 0 Å². The monoisotopic (exact) mass is 456 g/mol. The summed E-state index contributed by atoms with van der Waals surface area (Å²) in [7, 11) is -3.09. The van der Waals surface area contributed by atoms with Gasteiger partial charge in [0.2, 0.25) is 0 Å². The van der Waals surface area contributed by atoms with Crippen molar-refractivity contribution in [2.75, 3.05) is 13.7 Å². The standard InChI is InChI=1S/C7H11N2O5S.CH3.Tl.H/c1-13-15(11,12)14-9-6-3-2-4-8(5-6)7(9)10;;;/h4,6H,2-3,5H2,1H3;1H3;;/t6-;;;/m1.../s1. The molecule has 2 amide bonds. The molecular weight excluding hydrogens is 441 g/mol. The molecule has 2 aliphatic rings. The molecule has 0 aliphatic carbocycles. The maximum atomic E-state index is 12.0. The molecule has 2 atom stereocenters. The van der Waals surface area contributed by atoms with Crippen LogP contribution in [-0.2, 0) is 18.9 Å². The number of rotatable bonds is 4. The molecule has 2 fully saturated rings. The number of hydrogen-bond donors (Lipinski definition) is 0. The molecule has 0 aromatic rings. The first-order valence-electron chi connectivity index (χ1n) is 5.58. The molecule has 0 unspecified atom stereocenters. The number of hydroxylamine groups is 2. The van der Waals surface area contributed by atoms with Crippen molar-refractivity contribution in [1.29, 1.82) is 0 Å². The SMILES string of the molecule is COS(=O)(=O)ON1C(=O)N2C[C@H]1CC[C@H]2[TlH][CH3]. The summed E-state index contributed by atoms with van der Waals surface area (Å²) in [5.41, 5.74) is 0. The summed E-state index contributed by atoms with van der Waals surface area (Å²) in [5.74, 6) is 0. The van der Waals surface area contributed by atoms with E-state index in [-0.39, 0.29) is 12.1 Å². The predicted molar refractivity (Wildman–Crippen MR) is 60.8 cm³/mol. The molecular formula is C8H15N2O5STl. The molecule has 96 valence electrons. The third kappa shape index (κ3) is 2.58. The topological polar surface area (TPSA) is 76.2 Å². The molecule has 2 heterocycles. The summed E-state index contributed by atoms with van der Waals surface area (Å²) in [4.78, 5) is 13.8. The van der Waals surface area contributed by atoms with E-state index in [0.29, 0.717) is 10.1 Å². The van der Waals surface area contributed by atoms with Gasteiger partial charge < -0.3 is 0 Å². The summed E-state index contributed by atoms with van der Waals surface area (Å²) in [5, 5.41) is 0.961. The van der Waals surface area contributed by atoms with Crippen molar-refractivity contribution in [3.8, 4) is 0 Å². The van der Waals surface area contributed by atoms with Crippen LogP contribution < -0.4 is 0 Å². The van der Waals surface area contributed by atoms with E-state index in [2.05, 4.69) is 12.9 Å². The first-order chi connectivity index (χ1) is 7.98. The fourth-order valence-corrected chi connectivity index (χ4v) is 8.21. The molecule has 17 heavy (non-hydrogen) atoms. The van der Waals surface area contributed by atoms with E-state index in [1.54, 1.807) is 4.90 Å². The van der Waals surface area contributed by atoms with E-state index >= 15 is 0 Å². The van der Waals surface area contributed by atoms with Gasteiger partial charge in [0.15, 0.2) is 0 Å². The van der Waals surface area contributed by atoms with Gasteiger partial charge in [0, 0.05) is 0 Å². The third-order valence-electron chi connectivity index (χ3n) is 3.29. The van der Waals surface area contributed by atoms with E-state index in [4.69, 9.17) is 0 Å². The summed E-state index contributed by atoms with van der Waals surface area (Å²) in [6.45, 7) is 0.580. The number of carbonyl (C=O) groups excluding carboxylic acids is 1. The Kier molecular flexibility index (Phi) is 3.95. The van der Waals surface area contributed by atoms with Gasteiger partial charge in [-0.25, -0.2) is 0 Å². The van der Waals surface area contributed by atoms with Crippen LogP contribution in [0.5, 0.6) is 0 Å². The Bertz CT molecular complexity index is 414. The van der Waals surface area contributed by atoms with Crippen molar-refractivity contribution in [3.63, 3.8) is 0 Å². The summed E-state index contributed by atoms with van der Waals surface area (Å²) >= 11 is -1.04. The minimum atomic E-state index is -4.10. The first kappa shape index (κ1) is 13.5. The van der Waals surface area contributed by atoms with Crippen LogP contribution in [-0.4, -0.2) is 71.9 Å². The van der Waals surface area contributed by atoms with Crippen molar-refractivity contribution in [1.82, 2.24) is 9.96 Å². The van der Waals surface area contributed by atoms with Crippen LogP contribution in [0.15, 0.2) is 0 Å². The van der Waals surface area contributed by atoms with Gasteiger partial charge in [-0.1, -0.05) is 0 Å². The van der Waals surface area contributed by atoms with Gasteiger partial charge in [0.25, 0.3) is 0 Å². The second-order valence-electron chi connectivity index (χ2n) is 4.20. The Morgan fingerprint density at radius 2 is 2.12 bits per heavy atom. The second kappa shape index (κ2) is 4.98. The normalized spacial score (nSPS) is 28.7. The molecule has 9 heteroatoms. The Balaban J connectivity index is 2.14. The molecule has 0 spiro atoms. The van der Waals surface area contributed by atoms with Gasteiger partial charge in [-0.2, -0.15) is 0 Å². The van der Waals surface area contributed by atoms with E-state index in [0.717, 1.165) is 25.0 Å². The first-order valence-corrected chi connectivity index (χ1v) is 15.6. The fraction of sp³-hybridized carbons (Fsp3) is 0.875. The molecule has 2 aliphatic heterocycles. The van der Waals surface area contributed by atoms with E-state index in [1.165, 1.54) is 0 Å². The zero-order chi connectivity index (χ0) is 12.6. The molecule has 7 nitrogen and oxygen atoms in total. The molecule has 0 aromatic heterocycles. The van der Waals surface area contributed by atoms with E-state index < -0.39 is 34.6 Å². The Hall–Kier alpha value is 0.0621. The van der Waals surface area contributed by atoms with E-state index in [1.807, 2.05) is 0 Å². The van der Waals surface area contributed by atoms with Gasteiger partial charge >= 0.3 is 113 Å². The van der Waals surface area contributed by atoms with Gasteiger partial charge in [0.1, 0.15) is 0 Å². The molecule has 2 saturated heterocycles. The molecule has 2 rings (SSSR count). The summed E-state index contributed by atoms with van der Waals surface area (Å²) < 4.78 is 33.9. The average Bonchev–Trinajstić information content (AvgIpc) is 2.55. The van der Waals surface area contributed by atoms with Crippen molar-refractivity contribution in [2.24, 2.45) is 0 Å². The van der Waals surface area contributed by atoms with Crippen LogP contribution in [0.2, 0.25) is 4.48 Å². The second-order valence-corrected chi connectivity index (χ2v) is 12.3. The van der Waals surface area contributed by atoms with Crippen LogP contribution in [0.4, 0.5) is 4.79 Å². The van der Waals surface area contributed by atoms with Gasteiger partial charge in [-0.3, -0.25) is 0 Å². The number of nitrogens with zero attached hydrogens (tertiary/aromatic N) is 2. The third-order valence-corrected chi connectivity index (χ3v) is 11.0. The minimum absolute atomic E-state index is 0.163. The zero-order valence-corrected chi connectivity index (χ0v) is 16.1. The molecule has 0 N–H and O–H groups in total. The number of hydrogen-bond acceptors (Lipinski definition) is 5. The van der Waals surface area contributed by atoms with Crippen molar-refractivity contribution in [2.45, 2.75) is 27.0 Å². The van der Waals surface area contributed by atoms with Crippen molar-refractivity contribution < 1.29 is 21.7 Å². The van der Waals surface area contributed by atoms with E-state index in [9.17, 15) is 13.2 Å². The molecule has 0 radical (unpaired) electrons. The van der Waals surface area contributed by atoms with Crippen LogP contribution in [0.1, 0.15) is 12.8 Å². The quantitative estimate of drug-likeness (QED) is 0.535. The average molecular weight is 456 g/mol. The molecule has 0 saturated carbocycles. The summed E-state index contributed by atoms with van der Waals surface area (Å²) in [6.07, 6.45) is 1.78. The van der Waals surface area contributed by atoms with Crippen molar-refractivity contribution in [3.05, 3.63) is 0 Å². The molecule has 2 bridgehead atoms. The van der Waals surface area contributed by atoms with Gasteiger partial charge in [0.05, 0.1) is 0 Å².